The number of carboxylic acid groups (broad SMARTS) is 1. The Kier molecular flexibility index (Phi) is 6.82. The number of aliphatic carboxylic acids is 1. The minimum atomic E-state index is -1.00. The Morgan fingerprint density at radius 3 is 2.84 bits per heavy atom. The van der Waals surface area contributed by atoms with Crippen LogP contribution < -0.4 is 10.2 Å². The van der Waals surface area contributed by atoms with Crippen LogP contribution in [0, 0.1) is 5.92 Å². The van der Waals surface area contributed by atoms with Crippen molar-refractivity contribution in [1.82, 2.24) is 9.88 Å². The van der Waals surface area contributed by atoms with Gasteiger partial charge in [0.25, 0.3) is 0 Å². The second-order valence-electron chi connectivity index (χ2n) is 8.38. The van der Waals surface area contributed by atoms with Crippen molar-refractivity contribution in [3.63, 3.8) is 0 Å². The maximum atomic E-state index is 13.1. The van der Waals surface area contributed by atoms with Gasteiger partial charge in [0, 0.05) is 24.5 Å². The quantitative estimate of drug-likeness (QED) is 0.680. The summed E-state index contributed by atoms with van der Waals surface area (Å²) in [4.78, 5) is 32.9. The first kappa shape index (κ1) is 21.3. The summed E-state index contributed by atoms with van der Waals surface area (Å²) in [5.41, 5.74) is 3.05. The summed E-state index contributed by atoms with van der Waals surface area (Å²) >= 11 is 0. The van der Waals surface area contributed by atoms with Crippen LogP contribution in [0.5, 0.6) is 0 Å². The average molecular weight is 423 g/mol. The monoisotopic (exact) mass is 422 g/mol. The standard InChI is InChI=1S/C24H30N4O3/c29-22(30)17-28(21-8-2-1-3-9-21)24(31)19-12-15-27(16-19)14-5-7-20-11-10-18-6-4-13-25-23(18)26-20/h1-3,8-11,19H,4-7,12-17H2,(H,25,26)(H,29,30)/t19-/m0/s1. The van der Waals surface area contributed by atoms with Crippen molar-refractivity contribution in [1.29, 1.82) is 0 Å². The summed E-state index contributed by atoms with van der Waals surface area (Å²) in [7, 11) is 0. The molecule has 7 heteroatoms. The molecule has 2 aliphatic rings. The van der Waals surface area contributed by atoms with Crippen LogP contribution in [-0.2, 0) is 22.4 Å². The van der Waals surface area contributed by atoms with E-state index in [0.717, 1.165) is 63.3 Å². The Balaban J connectivity index is 1.29. The maximum Gasteiger partial charge on any atom is 0.323 e. The van der Waals surface area contributed by atoms with E-state index in [1.54, 1.807) is 12.1 Å². The molecule has 1 fully saturated rings. The summed E-state index contributed by atoms with van der Waals surface area (Å²) in [6, 6.07) is 13.4. The Morgan fingerprint density at radius 1 is 1.19 bits per heavy atom. The molecule has 1 aromatic heterocycles. The third kappa shape index (κ3) is 5.41. The van der Waals surface area contributed by atoms with E-state index < -0.39 is 5.97 Å². The van der Waals surface area contributed by atoms with Crippen LogP contribution in [0.25, 0.3) is 0 Å². The lowest BCUT2D eigenvalue weighted by Gasteiger charge is -2.24. The van der Waals surface area contributed by atoms with Crippen molar-refractivity contribution >= 4 is 23.4 Å². The number of pyridine rings is 1. The molecule has 1 saturated heterocycles. The third-order valence-corrected chi connectivity index (χ3v) is 6.11. The maximum absolute atomic E-state index is 13.1. The van der Waals surface area contributed by atoms with Crippen LogP contribution in [0.15, 0.2) is 42.5 Å². The summed E-state index contributed by atoms with van der Waals surface area (Å²) in [5.74, 6) is -0.224. The second kappa shape index (κ2) is 9.92. The summed E-state index contributed by atoms with van der Waals surface area (Å²) in [5, 5.41) is 12.7. The SMILES string of the molecule is O=C(O)CN(C(=O)[C@H]1CCN(CCCc2ccc3c(n2)NCCC3)C1)c1ccccc1. The highest BCUT2D eigenvalue weighted by Gasteiger charge is 2.32. The highest BCUT2D eigenvalue weighted by molar-refractivity contribution is 5.99. The van der Waals surface area contributed by atoms with Gasteiger partial charge in [0.05, 0.1) is 5.92 Å². The molecular weight excluding hydrogens is 392 g/mol. The van der Waals surface area contributed by atoms with E-state index >= 15 is 0 Å². The Hall–Kier alpha value is -2.93. The van der Waals surface area contributed by atoms with Gasteiger partial charge in [0.1, 0.15) is 12.4 Å². The molecule has 1 amide bonds. The van der Waals surface area contributed by atoms with Crippen molar-refractivity contribution in [2.24, 2.45) is 5.92 Å². The number of hydrogen-bond acceptors (Lipinski definition) is 5. The van der Waals surface area contributed by atoms with Gasteiger partial charge in [0.2, 0.25) is 5.91 Å². The van der Waals surface area contributed by atoms with E-state index in [4.69, 9.17) is 4.98 Å². The molecule has 0 radical (unpaired) electrons. The Morgan fingerprint density at radius 2 is 2.03 bits per heavy atom. The van der Waals surface area contributed by atoms with Gasteiger partial charge in [-0.25, -0.2) is 4.98 Å². The zero-order valence-corrected chi connectivity index (χ0v) is 17.8. The van der Waals surface area contributed by atoms with Crippen LogP contribution in [0.4, 0.5) is 11.5 Å². The highest BCUT2D eigenvalue weighted by atomic mass is 16.4. The topological polar surface area (TPSA) is 85.8 Å². The molecule has 164 valence electrons. The van der Waals surface area contributed by atoms with E-state index in [-0.39, 0.29) is 18.4 Å². The number of nitrogens with one attached hydrogen (secondary N) is 1. The lowest BCUT2D eigenvalue weighted by molar-refractivity contribution is -0.137. The van der Waals surface area contributed by atoms with Crippen molar-refractivity contribution < 1.29 is 14.7 Å². The van der Waals surface area contributed by atoms with Gasteiger partial charge in [-0.15, -0.1) is 0 Å². The predicted octanol–water partition coefficient (Wildman–Crippen LogP) is 2.81. The van der Waals surface area contributed by atoms with Gasteiger partial charge in [-0.05, 0) is 69.0 Å². The summed E-state index contributed by atoms with van der Waals surface area (Å²) in [6.45, 7) is 3.15. The lowest BCUT2D eigenvalue weighted by atomic mass is 10.1. The first-order chi connectivity index (χ1) is 15.1. The molecule has 0 unspecified atom stereocenters. The van der Waals surface area contributed by atoms with Crippen molar-refractivity contribution in [2.45, 2.75) is 32.1 Å². The fourth-order valence-electron chi connectivity index (χ4n) is 4.49. The molecule has 4 rings (SSSR count). The van der Waals surface area contributed by atoms with Gasteiger partial charge >= 0.3 is 5.97 Å². The number of para-hydroxylation sites is 1. The number of anilines is 2. The van der Waals surface area contributed by atoms with Crippen LogP contribution in [-0.4, -0.2) is 59.6 Å². The molecular formula is C24H30N4O3. The lowest BCUT2D eigenvalue weighted by Crippen LogP contribution is -2.40. The molecule has 0 saturated carbocycles. The van der Waals surface area contributed by atoms with Crippen molar-refractivity contribution in [3.8, 4) is 0 Å². The zero-order valence-electron chi connectivity index (χ0n) is 17.8. The van der Waals surface area contributed by atoms with Crippen LogP contribution in [0.2, 0.25) is 0 Å². The third-order valence-electron chi connectivity index (χ3n) is 6.11. The minimum Gasteiger partial charge on any atom is -0.480 e. The van der Waals surface area contributed by atoms with E-state index in [0.29, 0.717) is 12.2 Å². The molecule has 2 aliphatic heterocycles. The predicted molar refractivity (Wildman–Crippen MR) is 120 cm³/mol. The van der Waals surface area contributed by atoms with Crippen LogP contribution in [0.3, 0.4) is 0 Å². The number of carbonyl (C=O) groups excluding carboxylic acids is 1. The van der Waals surface area contributed by atoms with E-state index in [9.17, 15) is 14.7 Å². The molecule has 1 atom stereocenters. The van der Waals surface area contributed by atoms with E-state index in [1.807, 2.05) is 18.2 Å². The fourth-order valence-corrected chi connectivity index (χ4v) is 4.49. The van der Waals surface area contributed by atoms with Crippen LogP contribution in [0.1, 0.15) is 30.5 Å². The number of hydrogen-bond donors (Lipinski definition) is 2. The number of amides is 1. The average Bonchev–Trinajstić information content (AvgIpc) is 3.26. The van der Waals surface area contributed by atoms with Crippen LogP contribution >= 0.6 is 0 Å². The second-order valence-corrected chi connectivity index (χ2v) is 8.38. The number of aryl methyl sites for hydroxylation is 2. The Labute approximate surface area is 183 Å². The number of likely N-dealkylation sites (tertiary alicyclic amines) is 1. The number of carboxylic acids is 1. The van der Waals surface area contributed by atoms with Gasteiger partial charge < -0.3 is 20.2 Å². The number of carbonyl (C=O) groups is 2. The number of nitrogens with zero attached hydrogens (tertiary/aromatic N) is 3. The minimum absolute atomic E-state index is 0.0986. The molecule has 0 bridgehead atoms. The number of fused-ring (bicyclic) bond motifs is 1. The van der Waals surface area contributed by atoms with E-state index in [1.165, 1.54) is 10.5 Å². The van der Waals surface area contributed by atoms with Gasteiger partial charge in [-0.1, -0.05) is 24.3 Å². The highest BCUT2D eigenvalue weighted by Crippen LogP contribution is 2.24. The number of rotatable bonds is 8. The number of benzene rings is 1. The molecule has 3 heterocycles. The number of aromatic nitrogens is 1. The first-order valence-corrected chi connectivity index (χ1v) is 11.1. The van der Waals surface area contributed by atoms with Gasteiger partial charge in [-0.2, -0.15) is 0 Å². The largest absolute Gasteiger partial charge is 0.480 e. The van der Waals surface area contributed by atoms with Gasteiger partial charge in [0.15, 0.2) is 0 Å². The summed E-state index contributed by atoms with van der Waals surface area (Å²) < 4.78 is 0. The zero-order chi connectivity index (χ0) is 21.6. The van der Waals surface area contributed by atoms with Gasteiger partial charge in [-0.3, -0.25) is 9.59 Å². The Bertz CT molecular complexity index is 918. The first-order valence-electron chi connectivity index (χ1n) is 11.1. The van der Waals surface area contributed by atoms with Crippen molar-refractivity contribution in [2.75, 3.05) is 42.9 Å². The molecule has 0 aliphatic carbocycles. The summed E-state index contributed by atoms with van der Waals surface area (Å²) in [6.07, 6.45) is 4.93. The molecule has 2 N–H and O–H groups in total. The normalized spacial score (nSPS) is 18.3. The van der Waals surface area contributed by atoms with Crippen molar-refractivity contribution in [3.05, 3.63) is 53.7 Å². The fraction of sp³-hybridized carbons (Fsp3) is 0.458. The molecule has 1 aromatic carbocycles. The van der Waals surface area contributed by atoms with E-state index in [2.05, 4.69) is 22.3 Å². The molecule has 2 aromatic rings. The molecule has 0 spiro atoms. The smallest absolute Gasteiger partial charge is 0.323 e. The molecule has 7 nitrogen and oxygen atoms in total. The molecule has 31 heavy (non-hydrogen) atoms.